The van der Waals surface area contributed by atoms with Crippen molar-refractivity contribution in [1.82, 2.24) is 10.2 Å². The molecule has 1 aliphatic rings. The highest BCUT2D eigenvalue weighted by Crippen LogP contribution is 2.28. The quantitative estimate of drug-likeness (QED) is 0.683. The molecule has 144 valence electrons. The second-order valence-corrected chi connectivity index (χ2v) is 7.23. The average Bonchev–Trinajstić information content (AvgIpc) is 3.22. The lowest BCUT2D eigenvalue weighted by Crippen LogP contribution is -2.40. The molecule has 6 heteroatoms. The molecule has 0 aliphatic carbocycles. The zero-order chi connectivity index (χ0) is 19.5. The van der Waals surface area contributed by atoms with Crippen LogP contribution < -0.4 is 5.32 Å². The minimum atomic E-state index is -0.633. The summed E-state index contributed by atoms with van der Waals surface area (Å²) in [6.07, 6.45) is 2.55. The summed E-state index contributed by atoms with van der Waals surface area (Å²) < 4.78 is 19.7. The SMILES string of the molecule is O=C(NC[C@@H](c1ccco1)N1CCc2ccccc2C1)c1c(F)cccc1Cl. The molecule has 1 amide bonds. The summed E-state index contributed by atoms with van der Waals surface area (Å²) >= 11 is 6.01. The first-order chi connectivity index (χ1) is 13.6. The molecular formula is C22H20ClFN2O2. The Balaban J connectivity index is 1.53. The lowest BCUT2D eigenvalue weighted by atomic mass is 9.98. The fourth-order valence-corrected chi connectivity index (χ4v) is 3.92. The van der Waals surface area contributed by atoms with Crippen molar-refractivity contribution in [3.05, 3.63) is 94.2 Å². The monoisotopic (exact) mass is 398 g/mol. The van der Waals surface area contributed by atoms with Crippen LogP contribution in [0.4, 0.5) is 4.39 Å². The maximum Gasteiger partial charge on any atom is 0.255 e. The van der Waals surface area contributed by atoms with Crippen molar-refractivity contribution in [3.8, 4) is 0 Å². The molecule has 4 nitrogen and oxygen atoms in total. The van der Waals surface area contributed by atoms with Gasteiger partial charge in [-0.2, -0.15) is 0 Å². The van der Waals surface area contributed by atoms with Gasteiger partial charge in [-0.25, -0.2) is 4.39 Å². The number of benzene rings is 2. The summed E-state index contributed by atoms with van der Waals surface area (Å²) in [4.78, 5) is 14.8. The van der Waals surface area contributed by atoms with Gasteiger partial charge in [0.05, 0.1) is 22.9 Å². The molecule has 0 bridgehead atoms. The van der Waals surface area contributed by atoms with Crippen molar-refractivity contribution in [2.24, 2.45) is 0 Å². The van der Waals surface area contributed by atoms with Crippen LogP contribution >= 0.6 is 11.6 Å². The van der Waals surface area contributed by atoms with Crippen LogP contribution in [0.5, 0.6) is 0 Å². The second-order valence-electron chi connectivity index (χ2n) is 6.83. The van der Waals surface area contributed by atoms with Gasteiger partial charge in [-0.05, 0) is 41.8 Å². The van der Waals surface area contributed by atoms with E-state index in [9.17, 15) is 9.18 Å². The molecule has 3 aromatic rings. The Bertz CT molecular complexity index is 954. The maximum absolute atomic E-state index is 14.0. The number of hydrogen-bond acceptors (Lipinski definition) is 3. The third-order valence-corrected chi connectivity index (χ3v) is 5.43. The molecule has 0 unspecified atom stereocenters. The fourth-order valence-electron chi connectivity index (χ4n) is 3.67. The van der Waals surface area contributed by atoms with E-state index in [1.165, 1.54) is 29.3 Å². The Morgan fingerprint density at radius 2 is 1.96 bits per heavy atom. The largest absolute Gasteiger partial charge is 0.468 e. The topological polar surface area (TPSA) is 45.5 Å². The van der Waals surface area contributed by atoms with Gasteiger partial charge < -0.3 is 9.73 Å². The summed E-state index contributed by atoms with van der Waals surface area (Å²) in [6.45, 7) is 1.90. The van der Waals surface area contributed by atoms with Crippen LogP contribution in [0.25, 0.3) is 0 Å². The average molecular weight is 399 g/mol. The standard InChI is InChI=1S/C22H20ClFN2O2/c23-17-7-3-8-18(24)21(17)22(27)25-13-19(20-9-4-12-28-20)26-11-10-15-5-1-2-6-16(15)14-26/h1-9,12,19H,10-11,13-14H2,(H,25,27)/t19-/m0/s1. The van der Waals surface area contributed by atoms with E-state index in [0.717, 1.165) is 25.3 Å². The number of nitrogens with zero attached hydrogens (tertiary/aromatic N) is 1. The lowest BCUT2D eigenvalue weighted by Gasteiger charge is -2.34. The summed E-state index contributed by atoms with van der Waals surface area (Å²) in [6, 6.07) is 16.1. The van der Waals surface area contributed by atoms with Crippen molar-refractivity contribution in [2.45, 2.75) is 19.0 Å². The number of carbonyl (C=O) groups excluding carboxylic acids is 1. The Morgan fingerprint density at radius 3 is 2.71 bits per heavy atom. The first kappa shape index (κ1) is 18.7. The third-order valence-electron chi connectivity index (χ3n) is 5.12. The van der Waals surface area contributed by atoms with Gasteiger partial charge in [0.15, 0.2) is 0 Å². The molecule has 0 radical (unpaired) electrons. The third kappa shape index (κ3) is 3.81. The zero-order valence-electron chi connectivity index (χ0n) is 15.2. The predicted octanol–water partition coefficient (Wildman–Crippen LogP) is 4.60. The van der Waals surface area contributed by atoms with Crippen LogP contribution in [0, 0.1) is 5.82 Å². The van der Waals surface area contributed by atoms with Crippen LogP contribution in [-0.4, -0.2) is 23.9 Å². The van der Waals surface area contributed by atoms with Crippen molar-refractivity contribution in [3.63, 3.8) is 0 Å². The van der Waals surface area contributed by atoms with Gasteiger partial charge in [-0.3, -0.25) is 9.69 Å². The van der Waals surface area contributed by atoms with E-state index in [0.29, 0.717) is 6.54 Å². The molecule has 2 aromatic carbocycles. The van der Waals surface area contributed by atoms with Crippen LogP contribution in [0.2, 0.25) is 5.02 Å². The summed E-state index contributed by atoms with van der Waals surface area (Å²) in [7, 11) is 0. The number of halogens is 2. The first-order valence-electron chi connectivity index (χ1n) is 9.20. The molecule has 0 saturated heterocycles. The smallest absolute Gasteiger partial charge is 0.255 e. The molecule has 0 fully saturated rings. The zero-order valence-corrected chi connectivity index (χ0v) is 16.0. The van der Waals surface area contributed by atoms with Crippen LogP contribution in [-0.2, 0) is 13.0 Å². The molecule has 2 heterocycles. The van der Waals surface area contributed by atoms with Gasteiger partial charge in [0.1, 0.15) is 11.6 Å². The molecule has 1 atom stereocenters. The molecule has 0 saturated carbocycles. The van der Waals surface area contributed by atoms with Gasteiger partial charge in [-0.15, -0.1) is 0 Å². The van der Waals surface area contributed by atoms with E-state index in [2.05, 4.69) is 28.4 Å². The van der Waals surface area contributed by atoms with E-state index in [4.69, 9.17) is 16.0 Å². The molecular weight excluding hydrogens is 379 g/mol. The van der Waals surface area contributed by atoms with Crippen LogP contribution in [0.3, 0.4) is 0 Å². The van der Waals surface area contributed by atoms with Crippen molar-refractivity contribution < 1.29 is 13.6 Å². The van der Waals surface area contributed by atoms with E-state index in [1.807, 2.05) is 18.2 Å². The van der Waals surface area contributed by atoms with Gasteiger partial charge in [-0.1, -0.05) is 41.9 Å². The van der Waals surface area contributed by atoms with Crippen LogP contribution in [0.1, 0.15) is 33.3 Å². The minimum Gasteiger partial charge on any atom is -0.468 e. The van der Waals surface area contributed by atoms with Gasteiger partial charge in [0.2, 0.25) is 0 Å². The van der Waals surface area contributed by atoms with Gasteiger partial charge in [0.25, 0.3) is 5.91 Å². The number of furan rings is 1. The number of rotatable bonds is 5. The van der Waals surface area contributed by atoms with Crippen molar-refractivity contribution in [1.29, 1.82) is 0 Å². The first-order valence-corrected chi connectivity index (χ1v) is 9.57. The number of hydrogen-bond donors (Lipinski definition) is 1. The molecule has 1 N–H and O–H groups in total. The summed E-state index contributed by atoms with van der Waals surface area (Å²) in [5.41, 5.74) is 2.49. The molecule has 1 aliphatic heterocycles. The molecule has 4 rings (SSSR count). The minimum absolute atomic E-state index is 0.0962. The Labute approximate surface area is 167 Å². The number of amides is 1. The van der Waals surface area contributed by atoms with E-state index in [-0.39, 0.29) is 16.6 Å². The molecule has 28 heavy (non-hydrogen) atoms. The number of fused-ring (bicyclic) bond motifs is 1. The van der Waals surface area contributed by atoms with Crippen molar-refractivity contribution >= 4 is 17.5 Å². The lowest BCUT2D eigenvalue weighted by molar-refractivity contribution is 0.0915. The van der Waals surface area contributed by atoms with E-state index < -0.39 is 11.7 Å². The summed E-state index contributed by atoms with van der Waals surface area (Å²) in [5.74, 6) is -0.400. The van der Waals surface area contributed by atoms with Gasteiger partial charge in [0, 0.05) is 19.6 Å². The number of carbonyl (C=O) groups is 1. The number of nitrogens with one attached hydrogen (secondary N) is 1. The van der Waals surface area contributed by atoms with Crippen molar-refractivity contribution in [2.75, 3.05) is 13.1 Å². The van der Waals surface area contributed by atoms with E-state index >= 15 is 0 Å². The van der Waals surface area contributed by atoms with Crippen LogP contribution in [0.15, 0.2) is 65.3 Å². The molecule has 1 aromatic heterocycles. The highest BCUT2D eigenvalue weighted by Gasteiger charge is 2.27. The fraction of sp³-hybridized carbons (Fsp3) is 0.227. The second kappa shape index (κ2) is 8.17. The maximum atomic E-state index is 14.0. The van der Waals surface area contributed by atoms with Gasteiger partial charge >= 0.3 is 0 Å². The van der Waals surface area contributed by atoms with E-state index in [1.54, 1.807) is 6.26 Å². The highest BCUT2D eigenvalue weighted by molar-refractivity contribution is 6.33. The Hall–Kier alpha value is -2.63. The predicted molar refractivity (Wildman–Crippen MR) is 106 cm³/mol. The summed E-state index contributed by atoms with van der Waals surface area (Å²) in [5, 5.41) is 2.92. The Morgan fingerprint density at radius 1 is 1.14 bits per heavy atom. The highest BCUT2D eigenvalue weighted by atomic mass is 35.5. The normalized spacial score (nSPS) is 15.1. The Kier molecular flexibility index (Phi) is 5.46. The molecule has 0 spiro atoms.